The summed E-state index contributed by atoms with van der Waals surface area (Å²) in [6, 6.07) is 14.7. The Balaban J connectivity index is 1.60. The number of amides is 3. The fraction of sp³-hybridized carbons (Fsp3) is 0.346. The van der Waals surface area contributed by atoms with Gasteiger partial charge in [-0.2, -0.15) is 0 Å². The molecule has 7 nitrogen and oxygen atoms in total. The van der Waals surface area contributed by atoms with E-state index in [1.54, 1.807) is 59.5 Å². The van der Waals surface area contributed by atoms with E-state index in [-0.39, 0.29) is 37.2 Å². The average molecular weight is 484 g/mol. The van der Waals surface area contributed by atoms with Crippen molar-refractivity contribution in [1.29, 1.82) is 0 Å². The molecule has 0 aliphatic carbocycles. The first-order chi connectivity index (χ1) is 16.1. The molecule has 3 amide bonds. The van der Waals surface area contributed by atoms with Crippen LogP contribution in [-0.4, -0.2) is 53.4 Å². The standard InChI is InChI=1S/C26H30ClN3O4/c1-17(2)23(29-22(31)15-28-24(32)19-7-5-4-6-8-19)25(33)30-14-13-26(34,18(3)16-30)20-9-11-21(27)12-10-20/h4-12,17,23,34H,3,13-16H2,1-2H3,(H,28,32)(H,29,31)/t23-,26-/m1/s1. The summed E-state index contributed by atoms with van der Waals surface area (Å²) in [6.07, 6.45) is 0.283. The van der Waals surface area contributed by atoms with Crippen LogP contribution in [0.4, 0.5) is 0 Å². The number of benzene rings is 2. The Kier molecular flexibility index (Phi) is 8.12. The van der Waals surface area contributed by atoms with Crippen LogP contribution in [-0.2, 0) is 15.2 Å². The van der Waals surface area contributed by atoms with Crippen molar-refractivity contribution >= 4 is 29.3 Å². The van der Waals surface area contributed by atoms with Gasteiger partial charge >= 0.3 is 0 Å². The lowest BCUT2D eigenvalue weighted by Crippen LogP contribution is -2.56. The van der Waals surface area contributed by atoms with Crippen LogP contribution in [0, 0.1) is 5.92 Å². The molecule has 1 heterocycles. The lowest BCUT2D eigenvalue weighted by Gasteiger charge is -2.42. The third-order valence-electron chi connectivity index (χ3n) is 6.04. The summed E-state index contributed by atoms with van der Waals surface area (Å²) in [4.78, 5) is 39.5. The molecule has 0 bridgehead atoms. The van der Waals surface area contributed by atoms with Gasteiger partial charge in [0, 0.05) is 30.1 Å². The molecule has 34 heavy (non-hydrogen) atoms. The molecule has 1 fully saturated rings. The summed E-state index contributed by atoms with van der Waals surface area (Å²) in [5, 5.41) is 17.1. The minimum absolute atomic E-state index is 0.168. The van der Waals surface area contributed by atoms with Crippen LogP contribution >= 0.6 is 11.6 Å². The maximum absolute atomic E-state index is 13.3. The molecule has 2 aromatic carbocycles. The molecule has 0 unspecified atom stereocenters. The van der Waals surface area contributed by atoms with E-state index in [4.69, 9.17) is 11.6 Å². The van der Waals surface area contributed by atoms with Crippen LogP contribution in [0.1, 0.15) is 36.2 Å². The molecule has 0 aromatic heterocycles. The normalized spacial score (nSPS) is 19.0. The van der Waals surface area contributed by atoms with E-state index in [0.29, 0.717) is 28.3 Å². The first-order valence-electron chi connectivity index (χ1n) is 11.2. The van der Waals surface area contributed by atoms with Crippen molar-refractivity contribution in [1.82, 2.24) is 15.5 Å². The van der Waals surface area contributed by atoms with Crippen LogP contribution in [0.25, 0.3) is 0 Å². The third-order valence-corrected chi connectivity index (χ3v) is 6.29. The molecule has 180 valence electrons. The van der Waals surface area contributed by atoms with Crippen molar-refractivity contribution in [2.45, 2.75) is 31.9 Å². The highest BCUT2D eigenvalue weighted by Crippen LogP contribution is 2.36. The number of hydrogen-bond donors (Lipinski definition) is 3. The minimum Gasteiger partial charge on any atom is -0.381 e. The molecular weight excluding hydrogens is 454 g/mol. The number of likely N-dealkylation sites (tertiary alicyclic amines) is 1. The van der Waals surface area contributed by atoms with Crippen molar-refractivity contribution in [3.63, 3.8) is 0 Å². The lowest BCUT2D eigenvalue weighted by atomic mass is 9.81. The number of carbonyl (C=O) groups excluding carboxylic acids is 3. The average Bonchev–Trinajstić information content (AvgIpc) is 2.83. The van der Waals surface area contributed by atoms with Gasteiger partial charge in [0.25, 0.3) is 5.91 Å². The molecule has 1 saturated heterocycles. The fourth-order valence-corrected chi connectivity index (χ4v) is 4.09. The van der Waals surface area contributed by atoms with Crippen molar-refractivity contribution < 1.29 is 19.5 Å². The first-order valence-corrected chi connectivity index (χ1v) is 11.6. The Hall–Kier alpha value is -3.16. The second-order valence-corrected chi connectivity index (χ2v) is 9.25. The molecule has 2 atom stereocenters. The quantitative estimate of drug-likeness (QED) is 0.527. The van der Waals surface area contributed by atoms with Crippen LogP contribution in [0.2, 0.25) is 5.02 Å². The molecule has 0 spiro atoms. The summed E-state index contributed by atoms with van der Waals surface area (Å²) >= 11 is 5.96. The fourth-order valence-electron chi connectivity index (χ4n) is 3.96. The van der Waals surface area contributed by atoms with Crippen LogP contribution in [0.5, 0.6) is 0 Å². The summed E-state index contributed by atoms with van der Waals surface area (Å²) < 4.78 is 0. The summed E-state index contributed by atoms with van der Waals surface area (Å²) in [6.45, 7) is 7.94. The van der Waals surface area contributed by atoms with Gasteiger partial charge in [0.05, 0.1) is 6.54 Å². The molecule has 0 saturated carbocycles. The van der Waals surface area contributed by atoms with E-state index < -0.39 is 17.6 Å². The maximum atomic E-state index is 13.3. The first kappa shape index (κ1) is 25.5. The maximum Gasteiger partial charge on any atom is 0.251 e. The van der Waals surface area contributed by atoms with Gasteiger partial charge in [-0.15, -0.1) is 0 Å². The van der Waals surface area contributed by atoms with E-state index >= 15 is 0 Å². The van der Waals surface area contributed by atoms with Gasteiger partial charge in [-0.1, -0.05) is 62.4 Å². The minimum atomic E-state index is -1.25. The highest BCUT2D eigenvalue weighted by Gasteiger charge is 2.40. The topological polar surface area (TPSA) is 98.7 Å². The van der Waals surface area contributed by atoms with E-state index in [0.717, 1.165) is 0 Å². The van der Waals surface area contributed by atoms with E-state index in [1.807, 2.05) is 13.8 Å². The zero-order valence-electron chi connectivity index (χ0n) is 19.4. The predicted molar refractivity (Wildman–Crippen MR) is 131 cm³/mol. The SMILES string of the molecule is C=C1CN(C(=O)[C@H](NC(=O)CNC(=O)c2ccccc2)C(C)C)CC[C@]1(O)c1ccc(Cl)cc1. The van der Waals surface area contributed by atoms with Crippen molar-refractivity contribution in [3.05, 3.63) is 82.9 Å². The van der Waals surface area contributed by atoms with Crippen LogP contribution in [0.15, 0.2) is 66.7 Å². The second kappa shape index (κ2) is 10.8. The monoisotopic (exact) mass is 483 g/mol. The highest BCUT2D eigenvalue weighted by molar-refractivity contribution is 6.30. The molecule has 0 radical (unpaired) electrons. The van der Waals surface area contributed by atoms with E-state index in [2.05, 4.69) is 17.2 Å². The van der Waals surface area contributed by atoms with Crippen LogP contribution < -0.4 is 10.6 Å². The second-order valence-electron chi connectivity index (χ2n) is 8.82. The Morgan fingerprint density at radius 2 is 1.76 bits per heavy atom. The smallest absolute Gasteiger partial charge is 0.251 e. The molecule has 3 rings (SSSR count). The number of hydrogen-bond acceptors (Lipinski definition) is 4. The Bertz CT molecular complexity index is 1060. The van der Waals surface area contributed by atoms with Gasteiger partial charge < -0.3 is 20.6 Å². The zero-order chi connectivity index (χ0) is 24.9. The number of nitrogens with zero attached hydrogens (tertiary/aromatic N) is 1. The van der Waals surface area contributed by atoms with Gasteiger partial charge in [0.2, 0.25) is 11.8 Å². The van der Waals surface area contributed by atoms with Gasteiger partial charge in [-0.3, -0.25) is 14.4 Å². The number of halogens is 1. The number of aliphatic hydroxyl groups is 1. The van der Waals surface area contributed by atoms with Crippen molar-refractivity contribution in [2.75, 3.05) is 19.6 Å². The summed E-state index contributed by atoms with van der Waals surface area (Å²) in [5.74, 6) is -1.24. The van der Waals surface area contributed by atoms with Crippen molar-refractivity contribution in [2.24, 2.45) is 5.92 Å². The Morgan fingerprint density at radius 3 is 2.35 bits per heavy atom. The number of carbonyl (C=O) groups is 3. The summed E-state index contributed by atoms with van der Waals surface area (Å²) in [5.41, 5.74) is 0.377. The van der Waals surface area contributed by atoms with Gasteiger partial charge in [-0.25, -0.2) is 0 Å². The number of nitrogens with one attached hydrogen (secondary N) is 2. The van der Waals surface area contributed by atoms with Crippen LogP contribution in [0.3, 0.4) is 0 Å². The van der Waals surface area contributed by atoms with Gasteiger partial charge in [-0.05, 0) is 41.3 Å². The lowest BCUT2D eigenvalue weighted by molar-refractivity contribution is -0.139. The molecule has 1 aliphatic rings. The van der Waals surface area contributed by atoms with Crippen molar-refractivity contribution in [3.8, 4) is 0 Å². The largest absolute Gasteiger partial charge is 0.381 e. The highest BCUT2D eigenvalue weighted by atomic mass is 35.5. The zero-order valence-corrected chi connectivity index (χ0v) is 20.1. The molecule has 1 aliphatic heterocycles. The number of rotatable bonds is 7. The van der Waals surface area contributed by atoms with E-state index in [9.17, 15) is 19.5 Å². The molecule has 2 aromatic rings. The summed E-state index contributed by atoms with van der Waals surface area (Å²) in [7, 11) is 0. The van der Waals surface area contributed by atoms with E-state index in [1.165, 1.54) is 0 Å². The molecular formula is C26H30ClN3O4. The molecule has 3 N–H and O–H groups in total. The van der Waals surface area contributed by atoms with Gasteiger partial charge in [0.15, 0.2) is 0 Å². The molecule has 8 heteroatoms. The number of piperidine rings is 1. The Labute approximate surface area is 204 Å². The Morgan fingerprint density at radius 1 is 1.12 bits per heavy atom. The predicted octanol–water partition coefficient (Wildman–Crippen LogP) is 2.89. The third kappa shape index (κ3) is 5.85. The van der Waals surface area contributed by atoms with Gasteiger partial charge in [0.1, 0.15) is 11.6 Å².